The number of amides is 1. The molecule has 0 saturated carbocycles. The number of aromatic hydroxyl groups is 1. The molecule has 1 unspecified atom stereocenters. The Morgan fingerprint density at radius 1 is 1.04 bits per heavy atom. The van der Waals surface area contributed by atoms with Gasteiger partial charge in [-0.1, -0.05) is 24.3 Å². The van der Waals surface area contributed by atoms with Gasteiger partial charge in [-0.2, -0.15) is 9.97 Å². The lowest BCUT2D eigenvalue weighted by molar-refractivity contribution is 0.000791. The summed E-state index contributed by atoms with van der Waals surface area (Å²) in [7, 11) is 0. The van der Waals surface area contributed by atoms with Crippen molar-refractivity contribution in [3.05, 3.63) is 54.1 Å². The van der Waals surface area contributed by atoms with Crippen molar-refractivity contribution in [1.82, 2.24) is 19.8 Å². The number of phenols is 1. The maximum absolute atomic E-state index is 16.9. The number of hydrogen-bond acceptors (Lipinski definition) is 8. The first kappa shape index (κ1) is 31.9. The Bertz CT molecular complexity index is 1970. The number of alkyl halides is 1. The molecular formula is C37H40F3N5O4. The summed E-state index contributed by atoms with van der Waals surface area (Å²) in [4.78, 5) is 28.3. The maximum Gasteiger partial charge on any atom is 0.410 e. The largest absolute Gasteiger partial charge is 0.508 e. The van der Waals surface area contributed by atoms with Gasteiger partial charge in [0.2, 0.25) is 0 Å². The first-order valence-corrected chi connectivity index (χ1v) is 17.1. The number of anilines is 1. The highest BCUT2D eigenvalue weighted by atomic mass is 19.1. The number of carbonyl (C=O) groups is 1. The fraction of sp³-hybridized carbons (Fsp3) is 0.486. The second kappa shape index (κ2) is 11.6. The molecular weight excluding hydrogens is 635 g/mol. The number of fused-ring (bicyclic) bond motifs is 6. The number of carbonyl (C=O) groups excluding carboxylic acids is 1. The van der Waals surface area contributed by atoms with Gasteiger partial charge in [0.1, 0.15) is 41.3 Å². The topological polar surface area (TPSA) is 91.3 Å². The molecule has 9 nitrogen and oxygen atoms in total. The van der Waals surface area contributed by atoms with Crippen LogP contribution in [0.1, 0.15) is 52.9 Å². The van der Waals surface area contributed by atoms with E-state index in [4.69, 9.17) is 14.5 Å². The zero-order valence-corrected chi connectivity index (χ0v) is 27.9. The lowest BCUT2D eigenvalue weighted by atomic mass is 9.90. The van der Waals surface area contributed by atoms with Crippen LogP contribution in [0.2, 0.25) is 0 Å². The van der Waals surface area contributed by atoms with Gasteiger partial charge in [0, 0.05) is 37.5 Å². The van der Waals surface area contributed by atoms with Crippen LogP contribution in [-0.2, 0) is 4.74 Å². The molecule has 5 saturated heterocycles. The van der Waals surface area contributed by atoms with E-state index < -0.39 is 28.9 Å². The fourth-order valence-electron chi connectivity index (χ4n) is 8.47. The Labute approximate surface area is 282 Å². The van der Waals surface area contributed by atoms with E-state index in [0.717, 1.165) is 32.2 Å². The number of piperazine rings is 1. The molecule has 9 rings (SSSR count). The second-order valence-electron chi connectivity index (χ2n) is 15.0. The zero-order valence-electron chi connectivity index (χ0n) is 27.9. The maximum atomic E-state index is 16.9. The van der Waals surface area contributed by atoms with E-state index in [2.05, 4.69) is 9.88 Å². The Hall–Kier alpha value is -4.32. The Morgan fingerprint density at radius 3 is 2.61 bits per heavy atom. The first-order chi connectivity index (χ1) is 23.4. The zero-order chi connectivity index (χ0) is 34.2. The number of benzene rings is 3. The van der Waals surface area contributed by atoms with Gasteiger partial charge in [-0.05, 0) is 87.5 Å². The summed E-state index contributed by atoms with van der Waals surface area (Å²) in [5, 5.41) is 11.9. The summed E-state index contributed by atoms with van der Waals surface area (Å²) in [6.07, 6.45) is 2.22. The van der Waals surface area contributed by atoms with Crippen molar-refractivity contribution in [1.29, 1.82) is 0 Å². The molecule has 1 amide bonds. The van der Waals surface area contributed by atoms with Crippen LogP contribution >= 0.6 is 0 Å². The highest BCUT2D eigenvalue weighted by molar-refractivity contribution is 6.01. The number of rotatable bonds is 5. The fourth-order valence-corrected chi connectivity index (χ4v) is 8.47. The molecule has 0 spiro atoms. The molecule has 4 atom stereocenters. The molecule has 6 heterocycles. The number of nitrogens with zero attached hydrogens (tertiary/aromatic N) is 5. The summed E-state index contributed by atoms with van der Waals surface area (Å²) in [6.45, 7) is 7.52. The van der Waals surface area contributed by atoms with E-state index in [-0.39, 0.29) is 58.6 Å². The molecule has 49 heavy (non-hydrogen) atoms. The molecule has 4 aromatic rings. The standard InChI is InChI=1S/C37H40F3N5O4/c1-36(2,3)49-35(47)45-19-23-9-10-24(45)18-44(23)33-28-15-29(39)30(27-14-25(46)13-21-7-4-5-8-26(21)27)31(40)32(28)41-34(42-33)48-20-37-11-6-12-43(37)17-22(38)16-37/h4-5,7-8,13-15,22-24,46H,6,9-12,16-20H2,1-3H3/t22-,23?,24-,37+/m1/s1. The van der Waals surface area contributed by atoms with Crippen LogP contribution in [0.4, 0.5) is 23.8 Å². The third kappa shape index (κ3) is 5.57. The third-order valence-electron chi connectivity index (χ3n) is 10.6. The molecule has 12 heteroatoms. The van der Waals surface area contributed by atoms with Gasteiger partial charge in [-0.15, -0.1) is 0 Å². The van der Waals surface area contributed by atoms with Gasteiger partial charge >= 0.3 is 12.1 Å². The molecule has 2 bridgehead atoms. The second-order valence-corrected chi connectivity index (χ2v) is 15.0. The molecule has 3 aromatic carbocycles. The minimum atomic E-state index is -0.950. The third-order valence-corrected chi connectivity index (χ3v) is 10.6. The molecule has 5 aliphatic heterocycles. The van der Waals surface area contributed by atoms with Gasteiger partial charge in [0.15, 0.2) is 5.82 Å². The van der Waals surface area contributed by atoms with Crippen LogP contribution in [0.25, 0.3) is 32.8 Å². The average molecular weight is 676 g/mol. The van der Waals surface area contributed by atoms with Crippen molar-refractivity contribution >= 4 is 33.6 Å². The molecule has 5 fully saturated rings. The number of hydrogen-bond donors (Lipinski definition) is 1. The smallest absolute Gasteiger partial charge is 0.410 e. The molecule has 0 radical (unpaired) electrons. The van der Waals surface area contributed by atoms with Crippen molar-refractivity contribution in [2.24, 2.45) is 0 Å². The number of aromatic nitrogens is 2. The van der Waals surface area contributed by atoms with E-state index in [1.807, 2.05) is 25.7 Å². The van der Waals surface area contributed by atoms with E-state index in [1.54, 1.807) is 35.2 Å². The Morgan fingerprint density at radius 2 is 1.84 bits per heavy atom. The van der Waals surface area contributed by atoms with E-state index in [0.29, 0.717) is 42.6 Å². The van der Waals surface area contributed by atoms with Gasteiger partial charge in [0.25, 0.3) is 0 Å². The SMILES string of the molecule is CC(C)(C)OC(=O)N1CC2CC[C@@H]1CN2c1nc(OC[C@@]23CCCN2C[C@H](F)C3)nc2c(F)c(-c3cc(O)cc4ccccc34)c(F)cc12. The predicted molar refractivity (Wildman–Crippen MR) is 180 cm³/mol. The van der Waals surface area contributed by atoms with Crippen LogP contribution in [0.5, 0.6) is 11.8 Å². The summed E-state index contributed by atoms with van der Waals surface area (Å²) >= 11 is 0. The summed E-state index contributed by atoms with van der Waals surface area (Å²) < 4.78 is 59.7. The minimum Gasteiger partial charge on any atom is -0.508 e. The molecule has 1 N–H and O–H groups in total. The van der Waals surface area contributed by atoms with Gasteiger partial charge in [0.05, 0.1) is 17.1 Å². The first-order valence-electron chi connectivity index (χ1n) is 17.1. The van der Waals surface area contributed by atoms with Crippen LogP contribution in [0.15, 0.2) is 42.5 Å². The van der Waals surface area contributed by atoms with Crippen LogP contribution in [0.3, 0.4) is 0 Å². The van der Waals surface area contributed by atoms with E-state index in [9.17, 15) is 14.3 Å². The van der Waals surface area contributed by atoms with Crippen molar-refractivity contribution in [2.75, 3.05) is 37.7 Å². The average Bonchev–Trinajstić information content (AvgIpc) is 3.58. The molecule has 258 valence electrons. The van der Waals surface area contributed by atoms with Crippen LogP contribution in [-0.4, -0.2) is 93.1 Å². The highest BCUT2D eigenvalue weighted by Gasteiger charge is 2.50. The predicted octanol–water partition coefficient (Wildman–Crippen LogP) is 6.98. The summed E-state index contributed by atoms with van der Waals surface area (Å²) in [5.74, 6) is -1.53. The lowest BCUT2D eigenvalue weighted by Gasteiger charge is -2.51. The number of piperidine rings is 2. The van der Waals surface area contributed by atoms with E-state index in [1.165, 1.54) is 12.1 Å². The minimum absolute atomic E-state index is 0.0753. The van der Waals surface area contributed by atoms with E-state index >= 15 is 8.78 Å². The van der Waals surface area contributed by atoms with Gasteiger partial charge < -0.3 is 24.4 Å². The molecule has 5 aliphatic rings. The van der Waals surface area contributed by atoms with Gasteiger partial charge in [-0.25, -0.2) is 18.0 Å². The van der Waals surface area contributed by atoms with Gasteiger partial charge in [-0.3, -0.25) is 4.90 Å². The Kier molecular flexibility index (Phi) is 7.58. The summed E-state index contributed by atoms with van der Waals surface area (Å²) in [5.41, 5.74) is -1.37. The van der Waals surface area contributed by atoms with Crippen molar-refractivity contribution < 1.29 is 32.5 Å². The Balaban J connectivity index is 1.23. The van der Waals surface area contributed by atoms with Crippen molar-refractivity contribution in [3.63, 3.8) is 0 Å². The van der Waals surface area contributed by atoms with Crippen LogP contribution in [0, 0.1) is 11.6 Å². The number of ether oxygens (including phenoxy) is 2. The summed E-state index contributed by atoms with van der Waals surface area (Å²) in [6, 6.07) is 10.8. The van der Waals surface area contributed by atoms with Crippen molar-refractivity contribution in [3.8, 4) is 22.9 Å². The monoisotopic (exact) mass is 675 g/mol. The quantitative estimate of drug-likeness (QED) is 0.243. The van der Waals surface area contributed by atoms with Crippen LogP contribution < -0.4 is 9.64 Å². The van der Waals surface area contributed by atoms with Crippen molar-refractivity contribution in [2.45, 2.75) is 82.3 Å². The number of phenolic OH excluding ortho intramolecular Hbond substituents is 1. The molecule has 0 aliphatic carbocycles. The highest BCUT2D eigenvalue weighted by Crippen LogP contribution is 2.43. The number of halogens is 3. The molecule has 1 aromatic heterocycles. The lowest BCUT2D eigenvalue weighted by Crippen LogP contribution is -2.64. The normalized spacial score (nSPS) is 25.4.